The maximum absolute atomic E-state index is 4.63. The molecule has 0 saturated carbocycles. The fourth-order valence-corrected chi connectivity index (χ4v) is 8.74. The van der Waals surface area contributed by atoms with E-state index >= 15 is 0 Å². The van der Waals surface area contributed by atoms with Crippen molar-refractivity contribution in [2.45, 2.75) is 129 Å². The summed E-state index contributed by atoms with van der Waals surface area (Å²) in [4.78, 5) is 0. The molecule has 5 rings (SSSR count). The molecule has 2 aliphatic rings. The zero-order valence-electron chi connectivity index (χ0n) is 30.6. The summed E-state index contributed by atoms with van der Waals surface area (Å²) >= 11 is 3.88. The quantitative estimate of drug-likeness (QED) is 0.177. The van der Waals surface area contributed by atoms with Crippen molar-refractivity contribution >= 4 is 21.5 Å². The Morgan fingerprint density at radius 3 is 1.72 bits per heavy atom. The molecule has 0 fully saturated rings. The first-order valence-electron chi connectivity index (χ1n) is 18.5. The van der Waals surface area contributed by atoms with E-state index in [4.69, 9.17) is 0 Å². The molecule has 0 radical (unpaired) electrons. The average molecular weight is 692 g/mol. The molecule has 250 valence electrons. The second-order valence-corrected chi connectivity index (χ2v) is 16.9. The Hall–Kier alpha value is -2.64. The third-order valence-electron chi connectivity index (χ3n) is 12.0. The van der Waals surface area contributed by atoms with E-state index in [1.165, 1.54) is 83.0 Å². The van der Waals surface area contributed by atoms with Gasteiger partial charge in [-0.25, -0.2) is 0 Å². The van der Waals surface area contributed by atoms with Gasteiger partial charge in [0.2, 0.25) is 0 Å². The van der Waals surface area contributed by atoms with Gasteiger partial charge in [-0.1, -0.05) is 176 Å². The van der Waals surface area contributed by atoms with Gasteiger partial charge in [-0.2, -0.15) is 0 Å². The summed E-state index contributed by atoms with van der Waals surface area (Å²) in [5, 5.41) is 0. The molecule has 2 aliphatic carbocycles. The number of benzene rings is 3. The van der Waals surface area contributed by atoms with Crippen LogP contribution in [-0.2, 0) is 16.2 Å². The molecule has 2 atom stereocenters. The van der Waals surface area contributed by atoms with Gasteiger partial charge in [0.25, 0.3) is 0 Å². The van der Waals surface area contributed by atoms with Gasteiger partial charge in [0, 0.05) is 4.48 Å². The van der Waals surface area contributed by atoms with Gasteiger partial charge < -0.3 is 0 Å². The zero-order chi connectivity index (χ0) is 34.0. The third kappa shape index (κ3) is 6.81. The molecule has 0 heterocycles. The number of fused-ring (bicyclic) bond motifs is 7. The Labute approximate surface area is 296 Å². The molecule has 0 nitrogen and oxygen atoms in total. The molecule has 0 saturated heterocycles. The molecule has 1 heteroatoms. The van der Waals surface area contributed by atoms with Gasteiger partial charge in [-0.05, 0) is 111 Å². The summed E-state index contributed by atoms with van der Waals surface area (Å²) in [5.74, 6) is 1.48. The smallest absolute Gasteiger partial charge is 0.0504 e. The molecule has 1 spiro atoms. The minimum absolute atomic E-state index is 0.143. The minimum atomic E-state index is -0.308. The highest BCUT2D eigenvalue weighted by atomic mass is 79.9. The summed E-state index contributed by atoms with van der Waals surface area (Å²) in [6.45, 7) is 23.8. The Balaban J connectivity index is 1.77. The van der Waals surface area contributed by atoms with Crippen molar-refractivity contribution in [1.82, 2.24) is 0 Å². The normalized spacial score (nSPS) is 21.6. The molecular weight excluding hydrogens is 632 g/mol. The van der Waals surface area contributed by atoms with Crippen molar-refractivity contribution in [3.05, 3.63) is 123 Å². The monoisotopic (exact) mass is 690 g/mol. The van der Waals surface area contributed by atoms with Crippen LogP contribution in [0, 0.1) is 11.8 Å². The predicted molar refractivity (Wildman–Crippen MR) is 211 cm³/mol. The molecule has 3 aromatic rings. The number of hydrogen-bond donors (Lipinski definition) is 0. The predicted octanol–water partition coefficient (Wildman–Crippen LogP) is 14.2. The summed E-state index contributed by atoms with van der Waals surface area (Å²) in [6.07, 6.45) is 17.6. The van der Waals surface area contributed by atoms with Crippen molar-refractivity contribution < 1.29 is 0 Å². The van der Waals surface area contributed by atoms with Crippen LogP contribution in [0.5, 0.6) is 0 Å². The van der Waals surface area contributed by atoms with Gasteiger partial charge in [-0.15, -0.1) is 0 Å². The van der Waals surface area contributed by atoms with Crippen LogP contribution in [0.2, 0.25) is 0 Å². The maximum atomic E-state index is 4.63. The fraction of sp³-hybridized carbons (Fsp3) is 0.478. The first-order valence-corrected chi connectivity index (χ1v) is 19.3. The largest absolute Gasteiger partial charge is 0.0900 e. The van der Waals surface area contributed by atoms with E-state index in [-0.39, 0.29) is 16.2 Å². The van der Waals surface area contributed by atoms with Crippen molar-refractivity contribution in [3.8, 4) is 11.1 Å². The van der Waals surface area contributed by atoms with Crippen LogP contribution >= 0.6 is 15.9 Å². The van der Waals surface area contributed by atoms with Crippen LogP contribution in [0.15, 0.2) is 90.0 Å². The van der Waals surface area contributed by atoms with Gasteiger partial charge in [0.05, 0.1) is 5.41 Å². The second-order valence-electron chi connectivity index (χ2n) is 16.0. The van der Waals surface area contributed by atoms with Crippen molar-refractivity contribution in [2.75, 3.05) is 0 Å². The lowest BCUT2D eigenvalue weighted by molar-refractivity contribution is 0.381. The first kappa shape index (κ1) is 35.7. The van der Waals surface area contributed by atoms with E-state index in [0.717, 1.165) is 41.2 Å². The van der Waals surface area contributed by atoms with Crippen molar-refractivity contribution in [2.24, 2.45) is 11.8 Å². The number of allylic oxidation sites excluding steroid dienone is 5. The van der Waals surface area contributed by atoms with E-state index < -0.39 is 0 Å². The second kappa shape index (κ2) is 14.5. The molecule has 0 amide bonds. The Morgan fingerprint density at radius 1 is 0.723 bits per heavy atom. The molecule has 0 N–H and O–H groups in total. The van der Waals surface area contributed by atoms with E-state index in [2.05, 4.69) is 157 Å². The highest BCUT2D eigenvalue weighted by Gasteiger charge is 2.47. The van der Waals surface area contributed by atoms with Crippen molar-refractivity contribution in [3.63, 3.8) is 0 Å². The minimum Gasteiger partial charge on any atom is -0.0900 e. The highest BCUT2D eigenvalue weighted by molar-refractivity contribution is 9.12. The lowest BCUT2D eigenvalue weighted by Crippen LogP contribution is -2.30. The highest BCUT2D eigenvalue weighted by Crippen LogP contribution is 2.58. The van der Waals surface area contributed by atoms with Crippen LogP contribution in [0.25, 0.3) is 16.7 Å². The number of hydrogen-bond acceptors (Lipinski definition) is 0. The molecule has 0 aromatic heterocycles. The molecule has 2 unspecified atom stereocenters. The topological polar surface area (TPSA) is 0 Å². The Kier molecular flexibility index (Phi) is 11.0. The van der Waals surface area contributed by atoms with Gasteiger partial charge in [0.1, 0.15) is 0 Å². The molecule has 47 heavy (non-hydrogen) atoms. The molecule has 0 bridgehead atoms. The van der Waals surface area contributed by atoms with Crippen LogP contribution in [0.1, 0.15) is 147 Å². The van der Waals surface area contributed by atoms with E-state index in [0.29, 0.717) is 0 Å². The van der Waals surface area contributed by atoms with Crippen LogP contribution in [0.4, 0.5) is 0 Å². The average Bonchev–Trinajstić information content (AvgIpc) is 3.36. The Bertz CT molecular complexity index is 1570. The number of rotatable bonds is 12. The molecular formula is C46H59Br. The SMILES string of the molecule is C=C1/C(Br)=C\C=C/CC2(c3ccccc31)c1cc(C(C)(CC)CCCC(C)C)ccc1-c1ccc(C(C)(CC)CCCC(C)C)cc12. The zero-order valence-corrected chi connectivity index (χ0v) is 32.2. The fourth-order valence-electron chi connectivity index (χ4n) is 8.38. The van der Waals surface area contributed by atoms with Crippen molar-refractivity contribution in [1.29, 1.82) is 0 Å². The number of halogens is 1. The molecule has 0 aliphatic heterocycles. The standard InChI is InChI=1S/C46H59Br/c1-10-44(8,27-16-18-32(3)4)35-23-25-38-39-26-24-36(45(9,11-2)28-17-19-33(5)6)31-42(39)46(41(38)30-35)29-15-14-22-43(47)34(7)37-20-12-13-21-40(37)46/h12-15,20-26,30-33H,7,10-11,16-19,27-29H2,1-6,8-9H3/b15-14-,43-22+. The van der Waals surface area contributed by atoms with E-state index in [9.17, 15) is 0 Å². The van der Waals surface area contributed by atoms with Gasteiger partial charge in [-0.3, -0.25) is 0 Å². The van der Waals surface area contributed by atoms with Crippen LogP contribution < -0.4 is 0 Å². The lowest BCUT2D eigenvalue weighted by Gasteiger charge is -2.37. The summed E-state index contributed by atoms with van der Waals surface area (Å²) in [7, 11) is 0. The summed E-state index contributed by atoms with van der Waals surface area (Å²) in [5.41, 5.74) is 12.3. The molecule has 3 aromatic carbocycles. The van der Waals surface area contributed by atoms with Gasteiger partial charge in [0.15, 0.2) is 0 Å². The van der Waals surface area contributed by atoms with Crippen LogP contribution in [-0.4, -0.2) is 0 Å². The summed E-state index contributed by atoms with van der Waals surface area (Å²) < 4.78 is 1.05. The van der Waals surface area contributed by atoms with Crippen LogP contribution in [0.3, 0.4) is 0 Å². The van der Waals surface area contributed by atoms with E-state index in [1.54, 1.807) is 0 Å². The maximum Gasteiger partial charge on any atom is 0.0504 e. The van der Waals surface area contributed by atoms with E-state index in [1.807, 2.05) is 0 Å². The Morgan fingerprint density at radius 2 is 1.23 bits per heavy atom. The van der Waals surface area contributed by atoms with Gasteiger partial charge >= 0.3 is 0 Å². The third-order valence-corrected chi connectivity index (χ3v) is 12.8. The lowest BCUT2D eigenvalue weighted by atomic mass is 9.65. The first-order chi connectivity index (χ1) is 22.4. The summed E-state index contributed by atoms with van der Waals surface area (Å²) in [6, 6.07) is 24.2.